The van der Waals surface area contributed by atoms with Crippen LogP contribution in [0.25, 0.3) is 32.7 Å². The van der Waals surface area contributed by atoms with E-state index in [2.05, 4.69) is 0 Å². The molecule has 1 aliphatic heterocycles. The fraction of sp³-hybridized carbons (Fsp3) is 0.0303. The van der Waals surface area contributed by atoms with Crippen LogP contribution in [0.2, 0.25) is 0 Å². The third-order valence-corrected chi connectivity index (χ3v) is 8.07. The van der Waals surface area contributed by atoms with Gasteiger partial charge in [-0.3, -0.25) is 10.1 Å². The highest BCUT2D eigenvalue weighted by atomic mass is 19.1. The third-order valence-electron chi connectivity index (χ3n) is 8.07. The molecule has 0 aromatic heterocycles. The lowest BCUT2D eigenvalue weighted by Crippen LogP contribution is -2.32. The van der Waals surface area contributed by atoms with E-state index in [4.69, 9.17) is 4.74 Å². The van der Waals surface area contributed by atoms with Crippen molar-refractivity contribution >= 4 is 27.2 Å². The quantitative estimate of drug-likeness (QED) is 0.169. The molecule has 2 aliphatic rings. The highest BCUT2D eigenvalue weighted by Crippen LogP contribution is 2.64. The largest absolute Gasteiger partial charge is 0.455 e. The molecule has 0 amide bonds. The van der Waals surface area contributed by atoms with E-state index in [0.29, 0.717) is 11.5 Å². The van der Waals surface area contributed by atoms with Crippen molar-refractivity contribution in [1.82, 2.24) is 0 Å². The van der Waals surface area contributed by atoms with Crippen molar-refractivity contribution in [3.05, 3.63) is 147 Å². The van der Waals surface area contributed by atoms with Gasteiger partial charge in [0.1, 0.15) is 17.3 Å². The zero-order valence-corrected chi connectivity index (χ0v) is 19.9. The number of ether oxygens (including phenoxy) is 1. The highest BCUT2D eigenvalue weighted by molar-refractivity contribution is 5.99. The zero-order valence-electron chi connectivity index (χ0n) is 19.9. The van der Waals surface area contributed by atoms with Gasteiger partial charge in [0.05, 0.1) is 10.3 Å². The molecule has 0 fully saturated rings. The SMILES string of the molecule is O=[N+]([O-])c1ccc2c(c1)C1(c3cc(F)ccc3-2)c2ccc3ccccc3c2Oc2c1ccc1ccccc21. The molecule has 8 rings (SSSR count). The predicted octanol–water partition coefficient (Wildman–Crippen LogP) is 8.51. The summed E-state index contributed by atoms with van der Waals surface area (Å²) >= 11 is 0. The summed E-state index contributed by atoms with van der Waals surface area (Å²) in [6.45, 7) is 0. The molecule has 180 valence electrons. The van der Waals surface area contributed by atoms with Crippen molar-refractivity contribution in [3.63, 3.8) is 0 Å². The average Bonchev–Trinajstić information content (AvgIpc) is 3.22. The number of hydrogen-bond acceptors (Lipinski definition) is 3. The molecule has 6 aromatic rings. The predicted molar refractivity (Wildman–Crippen MR) is 145 cm³/mol. The van der Waals surface area contributed by atoms with Crippen LogP contribution in [-0.2, 0) is 5.41 Å². The van der Waals surface area contributed by atoms with Gasteiger partial charge in [-0.25, -0.2) is 4.39 Å². The topological polar surface area (TPSA) is 52.4 Å². The van der Waals surface area contributed by atoms with Gasteiger partial charge in [0.2, 0.25) is 0 Å². The fourth-order valence-electron chi connectivity index (χ4n) is 6.52. The van der Waals surface area contributed by atoms with Gasteiger partial charge in [-0.2, -0.15) is 0 Å². The molecule has 4 nitrogen and oxygen atoms in total. The number of nitrogens with zero attached hydrogens (tertiary/aromatic N) is 1. The normalized spacial score (nSPS) is 14.0. The number of hydrogen-bond donors (Lipinski definition) is 0. The minimum atomic E-state index is -1.00. The molecule has 0 radical (unpaired) electrons. The Labute approximate surface area is 216 Å². The molecule has 38 heavy (non-hydrogen) atoms. The van der Waals surface area contributed by atoms with Crippen LogP contribution in [0.15, 0.2) is 109 Å². The maximum absolute atomic E-state index is 15.0. The summed E-state index contributed by atoms with van der Waals surface area (Å²) in [5.41, 5.74) is 3.88. The van der Waals surface area contributed by atoms with Crippen LogP contribution in [-0.4, -0.2) is 4.92 Å². The lowest BCUT2D eigenvalue weighted by Gasteiger charge is -2.40. The molecule has 0 N–H and O–H groups in total. The number of fused-ring (bicyclic) bond motifs is 13. The summed E-state index contributed by atoms with van der Waals surface area (Å²) in [7, 11) is 0. The molecule has 6 aromatic carbocycles. The van der Waals surface area contributed by atoms with Crippen LogP contribution < -0.4 is 4.74 Å². The lowest BCUT2D eigenvalue weighted by atomic mass is 9.65. The average molecular weight is 496 g/mol. The number of non-ortho nitro benzene ring substituents is 1. The monoisotopic (exact) mass is 495 g/mol. The molecule has 0 saturated carbocycles. The summed E-state index contributed by atoms with van der Waals surface area (Å²) in [6.07, 6.45) is 0. The van der Waals surface area contributed by atoms with Gasteiger partial charge in [-0.05, 0) is 51.2 Å². The number of halogens is 1. The van der Waals surface area contributed by atoms with Crippen LogP contribution in [0.5, 0.6) is 11.5 Å². The minimum Gasteiger partial charge on any atom is -0.455 e. The van der Waals surface area contributed by atoms with Gasteiger partial charge in [-0.1, -0.05) is 78.9 Å². The smallest absolute Gasteiger partial charge is 0.269 e. The summed E-state index contributed by atoms with van der Waals surface area (Å²) in [6, 6.07) is 33.9. The van der Waals surface area contributed by atoms with E-state index in [0.717, 1.165) is 54.9 Å². The molecule has 0 unspecified atom stereocenters. The van der Waals surface area contributed by atoms with Crippen molar-refractivity contribution in [2.24, 2.45) is 0 Å². The Morgan fingerprint density at radius 2 is 1.18 bits per heavy atom. The van der Waals surface area contributed by atoms with Crippen molar-refractivity contribution in [2.45, 2.75) is 5.41 Å². The van der Waals surface area contributed by atoms with E-state index in [9.17, 15) is 10.1 Å². The first-order valence-corrected chi connectivity index (χ1v) is 12.4. The van der Waals surface area contributed by atoms with Crippen LogP contribution in [0.1, 0.15) is 22.3 Å². The Bertz CT molecular complexity index is 1930. The number of nitro benzene ring substituents is 1. The van der Waals surface area contributed by atoms with E-state index in [1.807, 2.05) is 72.8 Å². The second-order valence-electron chi connectivity index (χ2n) is 9.86. The molecule has 1 aliphatic carbocycles. The number of rotatable bonds is 1. The van der Waals surface area contributed by atoms with E-state index < -0.39 is 5.41 Å². The summed E-state index contributed by atoms with van der Waals surface area (Å²) < 4.78 is 21.9. The van der Waals surface area contributed by atoms with Crippen molar-refractivity contribution in [2.75, 3.05) is 0 Å². The van der Waals surface area contributed by atoms with Gasteiger partial charge in [0.25, 0.3) is 5.69 Å². The molecule has 1 spiro atoms. The van der Waals surface area contributed by atoms with Gasteiger partial charge >= 0.3 is 0 Å². The maximum Gasteiger partial charge on any atom is 0.269 e. The standard InChI is InChI=1S/C33H18FNO3/c34-21-11-13-25-26-14-12-22(35(36)37)18-30(26)33(29(25)17-21)27-15-9-19-5-1-3-7-23(19)31(27)38-32-24-8-4-2-6-20(24)10-16-28(32)33/h1-18H. The molecule has 0 saturated heterocycles. The Kier molecular flexibility index (Phi) is 4.03. The second kappa shape index (κ2) is 7.26. The van der Waals surface area contributed by atoms with Gasteiger partial charge in [0, 0.05) is 34.0 Å². The van der Waals surface area contributed by atoms with Crippen LogP contribution in [0, 0.1) is 15.9 Å². The van der Waals surface area contributed by atoms with Crippen LogP contribution in [0.3, 0.4) is 0 Å². The van der Waals surface area contributed by atoms with Crippen molar-refractivity contribution in [3.8, 4) is 22.6 Å². The van der Waals surface area contributed by atoms with Gasteiger partial charge < -0.3 is 4.74 Å². The Hall–Kier alpha value is -5.03. The van der Waals surface area contributed by atoms with Crippen LogP contribution >= 0.6 is 0 Å². The van der Waals surface area contributed by atoms with Crippen molar-refractivity contribution < 1.29 is 14.1 Å². The molecular weight excluding hydrogens is 477 g/mol. The van der Waals surface area contributed by atoms with E-state index >= 15 is 4.39 Å². The fourth-order valence-corrected chi connectivity index (χ4v) is 6.52. The molecule has 1 heterocycles. The molecule has 0 bridgehead atoms. The first kappa shape index (κ1) is 21.1. The Morgan fingerprint density at radius 1 is 0.632 bits per heavy atom. The third kappa shape index (κ3) is 2.52. The first-order valence-electron chi connectivity index (χ1n) is 12.4. The molecule has 0 atom stereocenters. The molecular formula is C33H18FNO3. The van der Waals surface area contributed by atoms with Crippen molar-refractivity contribution in [1.29, 1.82) is 0 Å². The maximum atomic E-state index is 15.0. The number of benzene rings is 6. The highest BCUT2D eigenvalue weighted by Gasteiger charge is 2.52. The summed E-state index contributed by atoms with van der Waals surface area (Å²) in [4.78, 5) is 11.6. The summed E-state index contributed by atoms with van der Waals surface area (Å²) in [5, 5.41) is 15.9. The summed E-state index contributed by atoms with van der Waals surface area (Å²) in [5.74, 6) is 1.00. The molecule has 5 heteroatoms. The lowest BCUT2D eigenvalue weighted by molar-refractivity contribution is -0.384. The van der Waals surface area contributed by atoms with E-state index in [1.54, 1.807) is 24.3 Å². The van der Waals surface area contributed by atoms with E-state index in [1.165, 1.54) is 12.1 Å². The first-order chi connectivity index (χ1) is 18.6. The Balaban J connectivity index is 1.63. The Morgan fingerprint density at radius 3 is 1.79 bits per heavy atom. The van der Waals surface area contributed by atoms with Crippen LogP contribution in [0.4, 0.5) is 10.1 Å². The van der Waals surface area contributed by atoms with Gasteiger partial charge in [-0.15, -0.1) is 0 Å². The van der Waals surface area contributed by atoms with Gasteiger partial charge in [0.15, 0.2) is 0 Å². The second-order valence-corrected chi connectivity index (χ2v) is 9.86. The zero-order chi connectivity index (χ0) is 25.6. The van der Waals surface area contributed by atoms with E-state index in [-0.39, 0.29) is 16.4 Å². The number of nitro groups is 1. The minimum absolute atomic E-state index is 0.00688.